The van der Waals surface area contributed by atoms with Crippen LogP contribution in [0.3, 0.4) is 0 Å². The van der Waals surface area contributed by atoms with Crippen LogP contribution in [0.25, 0.3) is 21.9 Å². The molecule has 1 N–H and O–H groups in total. The molecule has 4 fully saturated rings. The van der Waals surface area contributed by atoms with Crippen molar-refractivity contribution in [2.45, 2.75) is 50.5 Å². The predicted octanol–water partition coefficient (Wildman–Crippen LogP) is 8.25. The van der Waals surface area contributed by atoms with Gasteiger partial charge < -0.3 is 9.84 Å². The van der Waals surface area contributed by atoms with Crippen molar-refractivity contribution >= 4 is 16.7 Å². The van der Waals surface area contributed by atoms with Crippen molar-refractivity contribution in [2.75, 3.05) is 0 Å². The van der Waals surface area contributed by atoms with Crippen LogP contribution in [-0.4, -0.2) is 11.1 Å². The van der Waals surface area contributed by atoms with E-state index in [2.05, 4.69) is 54.6 Å². The average molecular weight is 489 g/mol. The number of benzene rings is 4. The van der Waals surface area contributed by atoms with Gasteiger partial charge in [-0.3, -0.25) is 0 Å². The maximum Gasteiger partial charge on any atom is 0.335 e. The second-order valence-electron chi connectivity index (χ2n) is 11.8. The molecular weight excluding hydrogens is 456 g/mol. The fourth-order valence-corrected chi connectivity index (χ4v) is 7.97. The van der Waals surface area contributed by atoms with E-state index in [4.69, 9.17) is 4.74 Å². The first-order valence-electron chi connectivity index (χ1n) is 13.6. The summed E-state index contributed by atoms with van der Waals surface area (Å²) in [4.78, 5) is 11.3. The fraction of sp³-hybridized carbons (Fsp3) is 0.324. The molecule has 0 heterocycles. The van der Waals surface area contributed by atoms with Gasteiger partial charge in [-0.15, -0.1) is 0 Å². The molecular formula is C34H32O3. The van der Waals surface area contributed by atoms with E-state index >= 15 is 0 Å². The molecule has 4 aromatic carbocycles. The van der Waals surface area contributed by atoms with Crippen molar-refractivity contribution in [3.8, 4) is 16.9 Å². The highest BCUT2D eigenvalue weighted by molar-refractivity contribution is 5.91. The third kappa shape index (κ3) is 4.11. The van der Waals surface area contributed by atoms with E-state index in [-0.39, 0.29) is 5.41 Å². The Kier molecular flexibility index (Phi) is 5.35. The number of hydrogen-bond acceptors (Lipinski definition) is 2. The van der Waals surface area contributed by atoms with Crippen molar-refractivity contribution in [1.82, 2.24) is 0 Å². The van der Waals surface area contributed by atoms with Gasteiger partial charge in [-0.2, -0.15) is 0 Å². The molecule has 0 saturated heterocycles. The van der Waals surface area contributed by atoms with Crippen LogP contribution in [0.1, 0.15) is 60.0 Å². The summed E-state index contributed by atoms with van der Waals surface area (Å²) in [6.45, 7) is 0.583. The van der Waals surface area contributed by atoms with E-state index < -0.39 is 5.97 Å². The van der Waals surface area contributed by atoms with Gasteiger partial charge in [0.25, 0.3) is 0 Å². The van der Waals surface area contributed by atoms with Gasteiger partial charge in [0.05, 0.1) is 5.56 Å². The van der Waals surface area contributed by atoms with E-state index in [9.17, 15) is 9.90 Å². The van der Waals surface area contributed by atoms with Crippen LogP contribution in [0.2, 0.25) is 0 Å². The Morgan fingerprint density at radius 2 is 1.41 bits per heavy atom. The number of fused-ring (bicyclic) bond motifs is 1. The second kappa shape index (κ2) is 8.76. The van der Waals surface area contributed by atoms with Crippen LogP contribution in [-0.2, 0) is 12.0 Å². The Bertz CT molecular complexity index is 1430. The molecule has 0 radical (unpaired) electrons. The summed E-state index contributed by atoms with van der Waals surface area (Å²) in [5.41, 5.74) is 5.29. The van der Waals surface area contributed by atoms with Gasteiger partial charge in [0.2, 0.25) is 0 Å². The lowest BCUT2D eigenvalue weighted by molar-refractivity contribution is -0.00640. The number of carboxylic acids is 1. The van der Waals surface area contributed by atoms with Gasteiger partial charge >= 0.3 is 5.97 Å². The largest absolute Gasteiger partial charge is 0.489 e. The van der Waals surface area contributed by atoms with Crippen molar-refractivity contribution in [1.29, 1.82) is 0 Å². The number of carbonyl (C=O) groups is 1. The third-order valence-corrected chi connectivity index (χ3v) is 9.25. The first-order valence-corrected chi connectivity index (χ1v) is 13.6. The normalized spacial score (nSPS) is 25.9. The minimum atomic E-state index is -0.895. The lowest BCUT2D eigenvalue weighted by atomic mass is 9.48. The molecule has 0 aromatic heterocycles. The van der Waals surface area contributed by atoms with Gasteiger partial charge in [-0.1, -0.05) is 54.6 Å². The zero-order valence-corrected chi connectivity index (χ0v) is 21.0. The summed E-state index contributed by atoms with van der Waals surface area (Å²) < 4.78 is 6.62. The van der Waals surface area contributed by atoms with Gasteiger partial charge in [0, 0.05) is 5.56 Å². The highest BCUT2D eigenvalue weighted by Gasteiger charge is 2.52. The monoisotopic (exact) mass is 488 g/mol. The molecule has 4 aliphatic rings. The van der Waals surface area contributed by atoms with E-state index in [0.29, 0.717) is 12.2 Å². The minimum absolute atomic E-state index is 0.230. The highest BCUT2D eigenvalue weighted by atomic mass is 16.5. The smallest absolute Gasteiger partial charge is 0.335 e. The highest BCUT2D eigenvalue weighted by Crippen LogP contribution is 2.62. The molecule has 4 saturated carbocycles. The summed E-state index contributed by atoms with van der Waals surface area (Å²) in [6, 6.07) is 28.9. The van der Waals surface area contributed by atoms with Gasteiger partial charge in [0.1, 0.15) is 12.4 Å². The van der Waals surface area contributed by atoms with Crippen LogP contribution in [0.5, 0.6) is 5.75 Å². The number of rotatable bonds is 6. The second-order valence-corrected chi connectivity index (χ2v) is 11.8. The molecule has 37 heavy (non-hydrogen) atoms. The Hall–Kier alpha value is -3.59. The number of carboxylic acid groups (broad SMARTS) is 1. The third-order valence-electron chi connectivity index (χ3n) is 9.25. The molecule has 0 aliphatic heterocycles. The predicted molar refractivity (Wildman–Crippen MR) is 147 cm³/mol. The molecule has 0 spiro atoms. The minimum Gasteiger partial charge on any atom is -0.489 e. The van der Waals surface area contributed by atoms with E-state index in [1.807, 2.05) is 18.2 Å². The average Bonchev–Trinajstić information content (AvgIpc) is 2.91. The van der Waals surface area contributed by atoms with Gasteiger partial charge in [-0.05, 0) is 119 Å². The summed E-state index contributed by atoms with van der Waals surface area (Å²) in [5.74, 6) is 2.75. The van der Waals surface area contributed by atoms with Gasteiger partial charge in [-0.25, -0.2) is 4.79 Å². The number of ether oxygens (including phenoxy) is 1. The van der Waals surface area contributed by atoms with E-state index in [0.717, 1.165) is 34.6 Å². The summed E-state index contributed by atoms with van der Waals surface area (Å²) in [6.07, 6.45) is 8.14. The maximum atomic E-state index is 11.3. The molecule has 4 bridgehead atoms. The first-order chi connectivity index (χ1) is 18.0. The number of hydrogen-bond donors (Lipinski definition) is 1. The Labute approximate surface area is 218 Å². The van der Waals surface area contributed by atoms with Crippen LogP contribution in [0.4, 0.5) is 0 Å². The topological polar surface area (TPSA) is 46.5 Å². The summed E-state index contributed by atoms with van der Waals surface area (Å²) in [5, 5.41) is 11.7. The molecule has 0 atom stereocenters. The standard InChI is InChI=1S/C34H32O3/c35-33(36)27-8-6-26(7-9-27)28-10-11-29-17-32(37-21-22-4-2-1-3-5-22)31(16-30(29)15-28)34-18-23-12-24(19-34)14-25(13-23)20-34/h1-11,15-17,23-25H,12-14,18-21H2,(H,35,36). The molecule has 4 aromatic rings. The molecule has 3 heteroatoms. The van der Waals surface area contributed by atoms with Gasteiger partial charge in [0.15, 0.2) is 0 Å². The zero-order valence-electron chi connectivity index (χ0n) is 21.0. The summed E-state index contributed by atoms with van der Waals surface area (Å²) in [7, 11) is 0. The SMILES string of the molecule is O=C(O)c1ccc(-c2ccc3cc(OCc4ccccc4)c(C45CC6CC(CC(C6)C4)C5)cc3c2)cc1. The fourth-order valence-electron chi connectivity index (χ4n) is 7.97. The quantitative estimate of drug-likeness (QED) is 0.297. The molecule has 0 unspecified atom stereocenters. The molecule has 186 valence electrons. The van der Waals surface area contributed by atoms with Crippen molar-refractivity contribution < 1.29 is 14.6 Å². The summed E-state index contributed by atoms with van der Waals surface area (Å²) >= 11 is 0. The van der Waals surface area contributed by atoms with Crippen LogP contribution in [0, 0.1) is 17.8 Å². The Morgan fingerprint density at radius 3 is 2.05 bits per heavy atom. The number of aromatic carboxylic acids is 1. The van der Waals surface area contributed by atoms with Crippen LogP contribution >= 0.6 is 0 Å². The first kappa shape index (κ1) is 22.6. The van der Waals surface area contributed by atoms with E-state index in [1.54, 1.807) is 12.1 Å². The van der Waals surface area contributed by atoms with Crippen molar-refractivity contribution in [2.24, 2.45) is 17.8 Å². The van der Waals surface area contributed by atoms with Crippen molar-refractivity contribution in [3.63, 3.8) is 0 Å². The van der Waals surface area contributed by atoms with Crippen LogP contribution in [0.15, 0.2) is 84.9 Å². The molecule has 4 aliphatic carbocycles. The Morgan fingerprint density at radius 1 is 0.757 bits per heavy atom. The van der Waals surface area contributed by atoms with E-state index in [1.165, 1.54) is 60.4 Å². The van der Waals surface area contributed by atoms with Crippen molar-refractivity contribution in [3.05, 3.63) is 102 Å². The lowest BCUT2D eigenvalue weighted by Gasteiger charge is -2.57. The molecule has 0 amide bonds. The molecule has 3 nitrogen and oxygen atoms in total. The lowest BCUT2D eigenvalue weighted by Crippen LogP contribution is -2.48. The molecule has 8 rings (SSSR count). The Balaban J connectivity index is 1.31. The van der Waals surface area contributed by atoms with Crippen LogP contribution < -0.4 is 4.74 Å². The zero-order chi connectivity index (χ0) is 25.0. The maximum absolute atomic E-state index is 11.3.